The number of nitriles is 1. The van der Waals surface area contributed by atoms with E-state index >= 15 is 0 Å². The van der Waals surface area contributed by atoms with Crippen molar-refractivity contribution in [2.24, 2.45) is 5.92 Å². The van der Waals surface area contributed by atoms with Crippen LogP contribution in [0.2, 0.25) is 0 Å². The molecule has 0 amide bonds. The Labute approximate surface area is 105 Å². The van der Waals surface area contributed by atoms with Gasteiger partial charge in [-0.2, -0.15) is 5.26 Å². The average molecular weight is 268 g/mol. The predicted octanol–water partition coefficient (Wildman–Crippen LogP) is 1.78. The van der Waals surface area contributed by atoms with Crippen LogP contribution in [-0.4, -0.2) is 15.0 Å². The maximum Gasteiger partial charge on any atom is 0.241 e. The molecule has 0 saturated heterocycles. The van der Waals surface area contributed by atoms with Crippen LogP contribution in [0.5, 0.6) is 0 Å². The van der Waals surface area contributed by atoms with Crippen molar-refractivity contribution in [1.82, 2.24) is 4.72 Å². The highest BCUT2D eigenvalue weighted by Gasteiger charge is 2.24. The molecule has 0 unspecified atom stereocenters. The van der Waals surface area contributed by atoms with Crippen molar-refractivity contribution in [2.45, 2.75) is 24.2 Å². The lowest BCUT2D eigenvalue weighted by atomic mass is 10.2. The summed E-state index contributed by atoms with van der Waals surface area (Å²) in [5, 5.41) is 8.80. The Hall–Kier alpha value is -1.45. The SMILES string of the molecule is N#Cc1c(F)cccc1S(=O)(=O)NCCC1CC1. The molecule has 6 heteroatoms. The van der Waals surface area contributed by atoms with E-state index < -0.39 is 21.4 Å². The van der Waals surface area contributed by atoms with E-state index in [2.05, 4.69) is 4.72 Å². The Morgan fingerprint density at radius 3 is 2.78 bits per heavy atom. The van der Waals surface area contributed by atoms with Crippen LogP contribution in [-0.2, 0) is 10.0 Å². The van der Waals surface area contributed by atoms with Crippen molar-refractivity contribution in [3.8, 4) is 6.07 Å². The summed E-state index contributed by atoms with van der Waals surface area (Å²) in [4.78, 5) is -0.291. The number of nitrogens with zero attached hydrogens (tertiary/aromatic N) is 1. The summed E-state index contributed by atoms with van der Waals surface area (Å²) >= 11 is 0. The molecule has 1 N–H and O–H groups in total. The highest BCUT2D eigenvalue weighted by Crippen LogP contribution is 2.31. The summed E-state index contributed by atoms with van der Waals surface area (Å²) < 4.78 is 39.6. The summed E-state index contributed by atoms with van der Waals surface area (Å²) in [5.74, 6) is -0.210. The first-order chi connectivity index (χ1) is 8.54. The minimum Gasteiger partial charge on any atom is -0.211 e. The van der Waals surface area contributed by atoms with E-state index in [4.69, 9.17) is 5.26 Å². The minimum atomic E-state index is -3.81. The Bertz CT molecular complexity index is 589. The molecule has 1 saturated carbocycles. The first kappa shape index (κ1) is 13.0. The molecule has 1 fully saturated rings. The molecule has 1 aromatic carbocycles. The van der Waals surface area contributed by atoms with E-state index in [1.165, 1.54) is 12.1 Å². The van der Waals surface area contributed by atoms with Crippen molar-refractivity contribution >= 4 is 10.0 Å². The van der Waals surface area contributed by atoms with E-state index in [1.54, 1.807) is 6.07 Å². The van der Waals surface area contributed by atoms with Crippen LogP contribution >= 0.6 is 0 Å². The summed E-state index contributed by atoms with van der Waals surface area (Å²) in [6.07, 6.45) is 3.08. The molecule has 0 heterocycles. The van der Waals surface area contributed by atoms with Crippen molar-refractivity contribution < 1.29 is 12.8 Å². The highest BCUT2D eigenvalue weighted by molar-refractivity contribution is 7.89. The number of rotatable bonds is 5. The fraction of sp³-hybridized carbons (Fsp3) is 0.417. The number of benzene rings is 1. The van der Waals surface area contributed by atoms with Gasteiger partial charge in [-0.1, -0.05) is 18.9 Å². The van der Waals surface area contributed by atoms with Gasteiger partial charge in [0.25, 0.3) is 0 Å². The van der Waals surface area contributed by atoms with Gasteiger partial charge >= 0.3 is 0 Å². The largest absolute Gasteiger partial charge is 0.241 e. The van der Waals surface area contributed by atoms with Crippen LogP contribution in [0.25, 0.3) is 0 Å². The third-order valence-electron chi connectivity index (χ3n) is 2.92. The van der Waals surface area contributed by atoms with Crippen LogP contribution in [0.4, 0.5) is 4.39 Å². The van der Waals surface area contributed by atoms with Gasteiger partial charge in [-0.3, -0.25) is 0 Å². The number of hydrogen-bond donors (Lipinski definition) is 1. The van der Waals surface area contributed by atoms with E-state index in [9.17, 15) is 12.8 Å². The molecule has 0 radical (unpaired) electrons. The number of nitrogens with one attached hydrogen (secondary N) is 1. The summed E-state index contributed by atoms with van der Waals surface area (Å²) in [5.41, 5.74) is -0.434. The number of hydrogen-bond acceptors (Lipinski definition) is 3. The maximum absolute atomic E-state index is 13.3. The van der Waals surface area contributed by atoms with Crippen molar-refractivity contribution in [1.29, 1.82) is 5.26 Å². The number of halogens is 1. The monoisotopic (exact) mass is 268 g/mol. The lowest BCUT2D eigenvalue weighted by molar-refractivity contribution is 0.571. The third kappa shape index (κ3) is 2.86. The molecule has 0 aromatic heterocycles. The first-order valence-corrected chi connectivity index (χ1v) is 7.21. The predicted molar refractivity (Wildman–Crippen MR) is 63.6 cm³/mol. The topological polar surface area (TPSA) is 70.0 Å². The van der Waals surface area contributed by atoms with E-state index in [-0.39, 0.29) is 4.90 Å². The maximum atomic E-state index is 13.3. The fourth-order valence-electron chi connectivity index (χ4n) is 1.72. The average Bonchev–Trinajstić information content (AvgIpc) is 3.12. The minimum absolute atomic E-state index is 0.291. The fourth-order valence-corrected chi connectivity index (χ4v) is 2.93. The Balaban J connectivity index is 2.18. The lowest BCUT2D eigenvalue weighted by Gasteiger charge is -2.08. The van der Waals surface area contributed by atoms with E-state index in [0.717, 1.165) is 25.3 Å². The molecule has 1 aliphatic rings. The van der Waals surface area contributed by atoms with Crippen LogP contribution in [0.1, 0.15) is 24.8 Å². The van der Waals surface area contributed by atoms with Crippen molar-refractivity contribution in [3.63, 3.8) is 0 Å². The van der Waals surface area contributed by atoms with Gasteiger partial charge in [-0.25, -0.2) is 17.5 Å². The van der Waals surface area contributed by atoms with Gasteiger partial charge < -0.3 is 0 Å². The second kappa shape index (κ2) is 5.04. The molecule has 4 nitrogen and oxygen atoms in total. The Morgan fingerprint density at radius 1 is 1.44 bits per heavy atom. The quantitative estimate of drug-likeness (QED) is 0.884. The van der Waals surface area contributed by atoms with Gasteiger partial charge in [0.15, 0.2) is 0 Å². The van der Waals surface area contributed by atoms with Crippen LogP contribution in [0.3, 0.4) is 0 Å². The summed E-state index contributed by atoms with van der Waals surface area (Å²) in [7, 11) is -3.81. The molecule has 18 heavy (non-hydrogen) atoms. The van der Waals surface area contributed by atoms with Gasteiger partial charge in [0.2, 0.25) is 10.0 Å². The number of sulfonamides is 1. The third-order valence-corrected chi connectivity index (χ3v) is 4.42. The zero-order chi connectivity index (χ0) is 13.2. The Kier molecular flexibility index (Phi) is 3.64. The van der Waals surface area contributed by atoms with Crippen LogP contribution < -0.4 is 4.72 Å². The molecule has 96 valence electrons. The molecule has 0 atom stereocenters. The van der Waals surface area contributed by atoms with Gasteiger partial charge in [0.1, 0.15) is 22.3 Å². The zero-order valence-electron chi connectivity index (χ0n) is 9.69. The van der Waals surface area contributed by atoms with Gasteiger partial charge in [0, 0.05) is 6.54 Å². The lowest BCUT2D eigenvalue weighted by Crippen LogP contribution is -2.26. The molecule has 0 aliphatic heterocycles. The molecule has 0 spiro atoms. The van der Waals surface area contributed by atoms with Crippen LogP contribution in [0, 0.1) is 23.1 Å². The molecular weight excluding hydrogens is 255 g/mol. The molecule has 0 bridgehead atoms. The molecular formula is C12H13FN2O2S. The standard InChI is InChI=1S/C12H13FN2O2S/c13-11-2-1-3-12(10(11)8-14)18(16,17)15-7-6-9-4-5-9/h1-3,9,15H,4-7H2. The molecule has 1 aromatic rings. The molecule has 1 aliphatic carbocycles. The normalized spacial score (nSPS) is 15.3. The first-order valence-electron chi connectivity index (χ1n) is 5.73. The summed E-state index contributed by atoms with van der Waals surface area (Å²) in [6.45, 7) is 0.328. The second-order valence-corrected chi connectivity index (χ2v) is 6.09. The highest BCUT2D eigenvalue weighted by atomic mass is 32.2. The van der Waals surface area contributed by atoms with Gasteiger partial charge in [0.05, 0.1) is 0 Å². The van der Waals surface area contributed by atoms with Gasteiger partial charge in [-0.05, 0) is 24.5 Å². The van der Waals surface area contributed by atoms with Gasteiger partial charge in [-0.15, -0.1) is 0 Å². The Morgan fingerprint density at radius 2 is 2.17 bits per heavy atom. The molecule has 2 rings (SSSR count). The van der Waals surface area contributed by atoms with Crippen LogP contribution in [0.15, 0.2) is 23.1 Å². The zero-order valence-corrected chi connectivity index (χ0v) is 10.5. The smallest absolute Gasteiger partial charge is 0.211 e. The van der Waals surface area contributed by atoms with Crippen molar-refractivity contribution in [3.05, 3.63) is 29.6 Å². The van der Waals surface area contributed by atoms with Crippen molar-refractivity contribution in [2.75, 3.05) is 6.54 Å². The summed E-state index contributed by atoms with van der Waals surface area (Å²) in [6, 6.07) is 5.18. The van der Waals surface area contributed by atoms with E-state index in [0.29, 0.717) is 12.5 Å². The van der Waals surface area contributed by atoms with E-state index in [1.807, 2.05) is 0 Å². The second-order valence-electron chi connectivity index (χ2n) is 4.35.